The lowest BCUT2D eigenvalue weighted by atomic mass is 10.0. The highest BCUT2D eigenvalue weighted by molar-refractivity contribution is 5.83. The lowest BCUT2D eigenvalue weighted by molar-refractivity contribution is 0.249. The molecule has 0 radical (unpaired) electrons. The number of hydrogen-bond acceptors (Lipinski definition) is 3. The molecule has 0 fully saturated rings. The van der Waals surface area contributed by atoms with E-state index in [-0.39, 0.29) is 6.61 Å². The third kappa shape index (κ3) is 3.66. The van der Waals surface area contributed by atoms with Gasteiger partial charge >= 0.3 is 6.03 Å². The van der Waals surface area contributed by atoms with E-state index in [1.807, 2.05) is 48.5 Å². The molecule has 0 heterocycles. The second kappa shape index (κ2) is 6.49. The average Bonchev–Trinajstić information content (AvgIpc) is 2.47. The Morgan fingerprint density at radius 2 is 1.95 bits per heavy atom. The number of hydrogen-bond donors (Lipinski definition) is 3. The number of nitrogens with one attached hydrogen (secondary N) is 1. The van der Waals surface area contributed by atoms with E-state index in [4.69, 9.17) is 10.8 Å². The van der Waals surface area contributed by atoms with Crippen LogP contribution < -0.4 is 11.2 Å². The van der Waals surface area contributed by atoms with Crippen LogP contribution in [0.5, 0.6) is 0 Å². The lowest BCUT2D eigenvalue weighted by Crippen LogP contribution is -2.24. The number of carbonyl (C=O) groups is 1. The van der Waals surface area contributed by atoms with Gasteiger partial charge in [-0.2, -0.15) is 5.10 Å². The van der Waals surface area contributed by atoms with Crippen LogP contribution in [0.1, 0.15) is 11.1 Å². The van der Waals surface area contributed by atoms with E-state index >= 15 is 0 Å². The number of nitrogens with two attached hydrogens (primary N) is 1. The average molecular weight is 269 g/mol. The molecule has 20 heavy (non-hydrogen) atoms. The number of aliphatic hydroxyl groups is 1. The van der Waals surface area contributed by atoms with Crippen molar-refractivity contribution >= 4 is 12.2 Å². The summed E-state index contributed by atoms with van der Waals surface area (Å²) in [6.07, 6.45) is 1.52. The van der Waals surface area contributed by atoms with Gasteiger partial charge in [-0.25, -0.2) is 10.2 Å². The molecule has 5 heteroatoms. The number of rotatable bonds is 4. The normalized spacial score (nSPS) is 10.7. The second-order valence-corrected chi connectivity index (χ2v) is 4.21. The predicted molar refractivity (Wildman–Crippen MR) is 78.1 cm³/mol. The van der Waals surface area contributed by atoms with Crippen LogP contribution in [-0.4, -0.2) is 17.4 Å². The van der Waals surface area contributed by atoms with Crippen molar-refractivity contribution in [1.82, 2.24) is 5.43 Å². The van der Waals surface area contributed by atoms with E-state index in [1.54, 1.807) is 0 Å². The summed E-state index contributed by atoms with van der Waals surface area (Å²) in [4.78, 5) is 10.5. The Balaban J connectivity index is 2.20. The second-order valence-electron chi connectivity index (χ2n) is 4.21. The van der Waals surface area contributed by atoms with Crippen molar-refractivity contribution in [2.24, 2.45) is 10.8 Å². The monoisotopic (exact) mass is 269 g/mol. The number of carbonyl (C=O) groups excluding carboxylic acids is 1. The Bertz CT molecular complexity index is 621. The maximum Gasteiger partial charge on any atom is 0.332 e. The first-order valence-electron chi connectivity index (χ1n) is 6.08. The zero-order valence-electron chi connectivity index (χ0n) is 10.8. The summed E-state index contributed by atoms with van der Waals surface area (Å²) in [7, 11) is 0. The molecule has 2 amide bonds. The minimum Gasteiger partial charge on any atom is -0.392 e. The van der Waals surface area contributed by atoms with Crippen molar-refractivity contribution in [1.29, 1.82) is 0 Å². The summed E-state index contributed by atoms with van der Waals surface area (Å²) in [6, 6.07) is 14.7. The Labute approximate surface area is 116 Å². The fourth-order valence-electron chi connectivity index (χ4n) is 1.77. The highest BCUT2D eigenvalue weighted by Gasteiger charge is 1.99. The summed E-state index contributed by atoms with van der Waals surface area (Å²) < 4.78 is 0. The van der Waals surface area contributed by atoms with Gasteiger partial charge in [-0.3, -0.25) is 0 Å². The number of primary amides is 1. The molecular formula is C15H15N3O2. The van der Waals surface area contributed by atoms with Crippen LogP contribution in [0.15, 0.2) is 53.6 Å². The molecule has 5 nitrogen and oxygen atoms in total. The van der Waals surface area contributed by atoms with Gasteiger partial charge in [0.1, 0.15) is 0 Å². The molecule has 2 rings (SSSR count). The smallest absolute Gasteiger partial charge is 0.332 e. The van der Waals surface area contributed by atoms with Crippen LogP contribution in [-0.2, 0) is 6.61 Å². The van der Waals surface area contributed by atoms with Crippen LogP contribution in [0.4, 0.5) is 4.79 Å². The van der Waals surface area contributed by atoms with Gasteiger partial charge in [-0.1, -0.05) is 42.5 Å². The number of aliphatic hydroxyl groups excluding tert-OH is 1. The van der Waals surface area contributed by atoms with Crippen LogP contribution in [0.3, 0.4) is 0 Å². The summed E-state index contributed by atoms with van der Waals surface area (Å²) in [5.41, 5.74) is 10.9. The topological polar surface area (TPSA) is 87.7 Å². The molecule has 0 aromatic heterocycles. The van der Waals surface area contributed by atoms with Gasteiger partial charge < -0.3 is 10.8 Å². The van der Waals surface area contributed by atoms with Gasteiger partial charge in [-0.15, -0.1) is 0 Å². The predicted octanol–water partition coefficient (Wildman–Crippen LogP) is 1.85. The van der Waals surface area contributed by atoms with Crippen LogP contribution in [0.2, 0.25) is 0 Å². The molecule has 0 unspecified atom stereocenters. The molecule has 0 atom stereocenters. The zero-order valence-corrected chi connectivity index (χ0v) is 10.8. The van der Waals surface area contributed by atoms with E-state index in [0.717, 1.165) is 22.3 Å². The lowest BCUT2D eigenvalue weighted by Gasteiger charge is -2.04. The highest BCUT2D eigenvalue weighted by Crippen LogP contribution is 2.20. The standard InChI is InChI=1S/C15H15N3O2/c16-15(20)18-17-9-12-2-1-3-14(8-12)13-6-4-11(10-19)5-7-13/h1-9,19H,10H2,(H3,16,18,20). The van der Waals surface area contributed by atoms with Gasteiger partial charge in [0.15, 0.2) is 0 Å². The van der Waals surface area contributed by atoms with Crippen molar-refractivity contribution in [3.05, 3.63) is 59.7 Å². The van der Waals surface area contributed by atoms with Crippen molar-refractivity contribution in [3.63, 3.8) is 0 Å². The Hall–Kier alpha value is -2.66. The molecular weight excluding hydrogens is 254 g/mol. The maximum atomic E-state index is 10.5. The van der Waals surface area contributed by atoms with Crippen LogP contribution >= 0.6 is 0 Å². The van der Waals surface area contributed by atoms with Gasteiger partial charge in [0.2, 0.25) is 0 Å². The first-order valence-corrected chi connectivity index (χ1v) is 6.08. The Kier molecular flexibility index (Phi) is 4.47. The largest absolute Gasteiger partial charge is 0.392 e. The molecule has 4 N–H and O–H groups in total. The molecule has 0 aliphatic carbocycles. The number of benzene rings is 2. The summed E-state index contributed by atoms with van der Waals surface area (Å²) in [6.45, 7) is 0.0335. The zero-order chi connectivity index (χ0) is 14.4. The van der Waals surface area contributed by atoms with Crippen molar-refractivity contribution in [2.75, 3.05) is 0 Å². The molecule has 0 aliphatic heterocycles. The Morgan fingerprint density at radius 3 is 2.60 bits per heavy atom. The number of nitrogens with zero attached hydrogens (tertiary/aromatic N) is 1. The highest BCUT2D eigenvalue weighted by atomic mass is 16.3. The fourth-order valence-corrected chi connectivity index (χ4v) is 1.77. The number of urea groups is 1. The van der Waals surface area contributed by atoms with Crippen molar-refractivity contribution in [2.45, 2.75) is 6.61 Å². The number of hydrazone groups is 1. The van der Waals surface area contributed by atoms with E-state index in [1.165, 1.54) is 6.21 Å². The minimum atomic E-state index is -0.697. The molecule has 2 aromatic carbocycles. The summed E-state index contributed by atoms with van der Waals surface area (Å²) in [5, 5.41) is 12.7. The molecule has 2 aromatic rings. The van der Waals surface area contributed by atoms with Gasteiger partial charge in [0.05, 0.1) is 12.8 Å². The van der Waals surface area contributed by atoms with E-state index < -0.39 is 6.03 Å². The third-order valence-electron chi connectivity index (χ3n) is 2.74. The van der Waals surface area contributed by atoms with Crippen LogP contribution in [0, 0.1) is 0 Å². The van der Waals surface area contributed by atoms with Crippen LogP contribution in [0.25, 0.3) is 11.1 Å². The third-order valence-corrected chi connectivity index (χ3v) is 2.74. The van der Waals surface area contributed by atoms with Crippen molar-refractivity contribution < 1.29 is 9.90 Å². The molecule has 0 bridgehead atoms. The van der Waals surface area contributed by atoms with Gasteiger partial charge in [0, 0.05) is 0 Å². The van der Waals surface area contributed by atoms with Gasteiger partial charge in [-0.05, 0) is 28.3 Å². The first-order chi connectivity index (χ1) is 9.69. The fraction of sp³-hybridized carbons (Fsp3) is 0.0667. The molecule has 0 spiro atoms. The Morgan fingerprint density at radius 1 is 1.20 bits per heavy atom. The quantitative estimate of drug-likeness (QED) is 0.584. The molecule has 0 aliphatic rings. The first kappa shape index (κ1) is 13.8. The molecule has 102 valence electrons. The maximum absolute atomic E-state index is 10.5. The summed E-state index contributed by atoms with van der Waals surface area (Å²) >= 11 is 0. The molecule has 0 saturated carbocycles. The minimum absolute atomic E-state index is 0.0335. The summed E-state index contributed by atoms with van der Waals surface area (Å²) in [5.74, 6) is 0. The van der Waals surface area contributed by atoms with E-state index in [2.05, 4.69) is 10.5 Å². The SMILES string of the molecule is NC(=O)NN=Cc1cccc(-c2ccc(CO)cc2)c1. The van der Waals surface area contributed by atoms with E-state index in [0.29, 0.717) is 0 Å². The molecule has 0 saturated heterocycles. The van der Waals surface area contributed by atoms with Gasteiger partial charge in [0.25, 0.3) is 0 Å². The van der Waals surface area contributed by atoms with Crippen molar-refractivity contribution in [3.8, 4) is 11.1 Å². The van der Waals surface area contributed by atoms with E-state index in [9.17, 15) is 4.79 Å². The number of amides is 2.